The van der Waals surface area contributed by atoms with Crippen LogP contribution in [0.3, 0.4) is 0 Å². The molecule has 0 aliphatic carbocycles. The fourth-order valence-corrected chi connectivity index (χ4v) is 2.61. The number of likely N-dealkylation sites (N-methyl/N-ethyl adjacent to an activating group) is 1. The number of carbonyl (C=O) groups is 1. The summed E-state index contributed by atoms with van der Waals surface area (Å²) in [7, 11) is 0. The number of nitrogens with one attached hydrogen (secondary N) is 1. The number of anilines is 1. The molecular formula is C15H22N2O. The van der Waals surface area contributed by atoms with Crippen LogP contribution in [0.15, 0.2) is 24.3 Å². The van der Waals surface area contributed by atoms with Gasteiger partial charge in [0.15, 0.2) is 0 Å². The predicted octanol–water partition coefficient (Wildman–Crippen LogP) is 2.49. The van der Waals surface area contributed by atoms with Crippen LogP contribution in [0.2, 0.25) is 0 Å². The van der Waals surface area contributed by atoms with Crippen molar-refractivity contribution >= 4 is 11.6 Å². The van der Waals surface area contributed by atoms with Gasteiger partial charge in [-0.3, -0.25) is 4.79 Å². The second-order valence-electron chi connectivity index (χ2n) is 5.25. The first-order chi connectivity index (χ1) is 8.57. The molecular weight excluding hydrogens is 224 g/mol. The maximum Gasteiger partial charge on any atom is 0.246 e. The molecule has 0 spiro atoms. The van der Waals surface area contributed by atoms with Crippen LogP contribution in [0.5, 0.6) is 0 Å². The van der Waals surface area contributed by atoms with Gasteiger partial charge in [-0.1, -0.05) is 12.1 Å². The highest BCUT2D eigenvalue weighted by molar-refractivity contribution is 6.00. The molecule has 1 saturated heterocycles. The van der Waals surface area contributed by atoms with Gasteiger partial charge in [0.25, 0.3) is 0 Å². The molecule has 1 fully saturated rings. The lowest BCUT2D eigenvalue weighted by molar-refractivity contribution is -0.123. The summed E-state index contributed by atoms with van der Waals surface area (Å²) in [6.45, 7) is 7.74. The third-order valence-electron chi connectivity index (χ3n) is 3.72. The third kappa shape index (κ3) is 2.41. The minimum absolute atomic E-state index is 0.188. The number of amides is 1. The number of hydrogen-bond donors (Lipinski definition) is 1. The maximum atomic E-state index is 12.7. The summed E-state index contributed by atoms with van der Waals surface area (Å²) in [4.78, 5) is 14.6. The van der Waals surface area contributed by atoms with Gasteiger partial charge in [-0.2, -0.15) is 0 Å². The van der Waals surface area contributed by atoms with Gasteiger partial charge in [0, 0.05) is 12.2 Å². The number of benzene rings is 1. The van der Waals surface area contributed by atoms with Crippen molar-refractivity contribution in [2.75, 3.05) is 18.0 Å². The van der Waals surface area contributed by atoms with E-state index in [0.29, 0.717) is 6.54 Å². The molecule has 1 aliphatic heterocycles. The molecule has 1 atom stereocenters. The summed E-state index contributed by atoms with van der Waals surface area (Å²) in [5.41, 5.74) is 1.79. The first kappa shape index (κ1) is 13.1. The highest BCUT2D eigenvalue weighted by Crippen LogP contribution is 2.25. The Labute approximate surface area is 109 Å². The van der Waals surface area contributed by atoms with E-state index in [9.17, 15) is 4.79 Å². The predicted molar refractivity (Wildman–Crippen MR) is 74.8 cm³/mol. The van der Waals surface area contributed by atoms with Crippen LogP contribution >= 0.6 is 0 Å². The van der Waals surface area contributed by atoms with E-state index >= 15 is 0 Å². The molecule has 98 valence electrons. The van der Waals surface area contributed by atoms with Crippen molar-refractivity contribution in [3.05, 3.63) is 29.8 Å². The summed E-state index contributed by atoms with van der Waals surface area (Å²) in [5, 5.41) is 3.34. The monoisotopic (exact) mass is 246 g/mol. The quantitative estimate of drug-likeness (QED) is 0.888. The van der Waals surface area contributed by atoms with E-state index in [-0.39, 0.29) is 11.4 Å². The van der Waals surface area contributed by atoms with E-state index in [1.54, 1.807) is 0 Å². The number of nitrogens with zero attached hydrogens (tertiary/aromatic N) is 1. The van der Waals surface area contributed by atoms with Crippen LogP contribution < -0.4 is 10.2 Å². The van der Waals surface area contributed by atoms with Crippen molar-refractivity contribution in [3.63, 3.8) is 0 Å². The van der Waals surface area contributed by atoms with Crippen molar-refractivity contribution in [2.24, 2.45) is 0 Å². The lowest BCUT2D eigenvalue weighted by atomic mass is 9.98. The molecule has 0 radical (unpaired) electrons. The average molecular weight is 246 g/mol. The smallest absolute Gasteiger partial charge is 0.246 e. The molecule has 1 N–H and O–H groups in total. The number of carbonyl (C=O) groups excluding carboxylic acids is 1. The van der Waals surface area contributed by atoms with E-state index in [1.807, 2.05) is 30.9 Å². The molecule has 0 aromatic heterocycles. The largest absolute Gasteiger partial charge is 0.311 e. The van der Waals surface area contributed by atoms with Gasteiger partial charge in [-0.25, -0.2) is 0 Å². The molecule has 0 bridgehead atoms. The molecule has 1 aromatic rings. The molecule has 1 amide bonds. The Morgan fingerprint density at radius 1 is 1.50 bits per heavy atom. The maximum absolute atomic E-state index is 12.7. The van der Waals surface area contributed by atoms with E-state index < -0.39 is 0 Å². The summed E-state index contributed by atoms with van der Waals surface area (Å²) in [5.74, 6) is 0.188. The van der Waals surface area contributed by atoms with Gasteiger partial charge in [-0.15, -0.1) is 0 Å². The van der Waals surface area contributed by atoms with Crippen LogP contribution in [0.4, 0.5) is 5.69 Å². The minimum atomic E-state index is -0.389. The van der Waals surface area contributed by atoms with Crippen LogP contribution in [-0.2, 0) is 4.79 Å². The summed E-state index contributed by atoms with van der Waals surface area (Å²) >= 11 is 0. The zero-order chi connectivity index (χ0) is 13.2. The van der Waals surface area contributed by atoms with Crippen LogP contribution in [-0.4, -0.2) is 24.5 Å². The van der Waals surface area contributed by atoms with E-state index in [0.717, 1.165) is 25.1 Å². The molecule has 18 heavy (non-hydrogen) atoms. The molecule has 3 nitrogen and oxygen atoms in total. The van der Waals surface area contributed by atoms with Crippen molar-refractivity contribution in [3.8, 4) is 0 Å². The Morgan fingerprint density at radius 3 is 2.83 bits per heavy atom. The number of aryl methyl sites for hydroxylation is 1. The zero-order valence-corrected chi connectivity index (χ0v) is 11.5. The second-order valence-corrected chi connectivity index (χ2v) is 5.25. The number of rotatable bonds is 3. The first-order valence-corrected chi connectivity index (χ1v) is 6.70. The van der Waals surface area contributed by atoms with Crippen LogP contribution in [0, 0.1) is 6.92 Å². The SMILES string of the molecule is CCN(C(=O)C1(C)CCCN1)c1cccc(C)c1. The highest BCUT2D eigenvalue weighted by atomic mass is 16.2. The summed E-state index contributed by atoms with van der Waals surface area (Å²) in [6.07, 6.45) is 2.00. The van der Waals surface area contributed by atoms with Crippen LogP contribution in [0.25, 0.3) is 0 Å². The number of hydrogen-bond acceptors (Lipinski definition) is 2. The fourth-order valence-electron chi connectivity index (χ4n) is 2.61. The normalized spacial score (nSPS) is 23.1. The Morgan fingerprint density at radius 2 is 2.28 bits per heavy atom. The van der Waals surface area contributed by atoms with Gasteiger partial charge in [0.1, 0.15) is 0 Å². The van der Waals surface area contributed by atoms with Crippen molar-refractivity contribution in [2.45, 2.75) is 39.2 Å². The topological polar surface area (TPSA) is 32.3 Å². The third-order valence-corrected chi connectivity index (χ3v) is 3.72. The van der Waals surface area contributed by atoms with E-state index in [4.69, 9.17) is 0 Å². The lowest BCUT2D eigenvalue weighted by Gasteiger charge is -2.31. The van der Waals surface area contributed by atoms with Gasteiger partial charge in [0.05, 0.1) is 5.54 Å². The Kier molecular flexibility index (Phi) is 3.71. The standard InChI is InChI=1S/C15H22N2O/c1-4-17(13-8-5-7-12(2)11-13)14(18)15(3)9-6-10-16-15/h5,7-8,11,16H,4,6,9-10H2,1-3H3. The fraction of sp³-hybridized carbons (Fsp3) is 0.533. The average Bonchev–Trinajstić information content (AvgIpc) is 2.78. The van der Waals surface area contributed by atoms with Gasteiger partial charge in [0.2, 0.25) is 5.91 Å². The van der Waals surface area contributed by atoms with Gasteiger partial charge in [-0.05, 0) is 57.9 Å². The first-order valence-electron chi connectivity index (χ1n) is 6.70. The molecule has 1 unspecified atom stereocenters. The van der Waals surface area contributed by atoms with E-state index in [1.165, 1.54) is 5.56 Å². The lowest BCUT2D eigenvalue weighted by Crippen LogP contribution is -2.53. The van der Waals surface area contributed by atoms with Gasteiger partial charge < -0.3 is 10.2 Å². The second kappa shape index (κ2) is 5.11. The Bertz CT molecular complexity index is 436. The molecule has 2 rings (SSSR count). The molecule has 1 aliphatic rings. The molecule has 1 aromatic carbocycles. The van der Waals surface area contributed by atoms with Crippen LogP contribution in [0.1, 0.15) is 32.3 Å². The summed E-state index contributed by atoms with van der Waals surface area (Å²) in [6, 6.07) is 8.13. The van der Waals surface area contributed by atoms with Gasteiger partial charge >= 0.3 is 0 Å². The molecule has 3 heteroatoms. The van der Waals surface area contributed by atoms with Crippen molar-refractivity contribution < 1.29 is 4.79 Å². The van der Waals surface area contributed by atoms with Crippen molar-refractivity contribution in [1.82, 2.24) is 5.32 Å². The molecule has 0 saturated carbocycles. The Hall–Kier alpha value is -1.35. The highest BCUT2D eigenvalue weighted by Gasteiger charge is 2.38. The molecule has 1 heterocycles. The van der Waals surface area contributed by atoms with Crippen molar-refractivity contribution in [1.29, 1.82) is 0 Å². The summed E-state index contributed by atoms with van der Waals surface area (Å²) < 4.78 is 0. The zero-order valence-electron chi connectivity index (χ0n) is 11.5. The Balaban J connectivity index is 2.26. The van der Waals surface area contributed by atoms with E-state index in [2.05, 4.69) is 24.4 Å². The minimum Gasteiger partial charge on any atom is -0.311 e.